The summed E-state index contributed by atoms with van der Waals surface area (Å²) in [5.41, 5.74) is -0.289. The molecular weight excluding hydrogens is 257 g/mol. The molecule has 1 aromatic heterocycles. The summed E-state index contributed by atoms with van der Waals surface area (Å²) in [5, 5.41) is 17.9. The Hall–Kier alpha value is -2.49. The molecule has 0 radical (unpaired) electrons. The van der Waals surface area contributed by atoms with E-state index < -0.39 is 11.7 Å². The standard InChI is InChI=1S/C12H9F3N4/c13-12(14,15)11-5-9(2-1-8(11)6-16)17-7-10-3-4-18-19-10/h1-5,17H,7H2,(H,18,19). The van der Waals surface area contributed by atoms with E-state index in [9.17, 15) is 13.2 Å². The summed E-state index contributed by atoms with van der Waals surface area (Å²) < 4.78 is 38.2. The number of aromatic amines is 1. The zero-order valence-electron chi connectivity index (χ0n) is 9.62. The van der Waals surface area contributed by atoms with Crippen LogP contribution in [0.5, 0.6) is 0 Å². The Labute approximate surface area is 106 Å². The van der Waals surface area contributed by atoms with Gasteiger partial charge in [0.2, 0.25) is 0 Å². The number of hydrogen-bond donors (Lipinski definition) is 2. The van der Waals surface area contributed by atoms with Crippen molar-refractivity contribution in [3.05, 3.63) is 47.3 Å². The number of nitriles is 1. The molecule has 7 heteroatoms. The predicted octanol–water partition coefficient (Wildman–Crippen LogP) is 2.91. The summed E-state index contributed by atoms with van der Waals surface area (Å²) in [4.78, 5) is 0. The van der Waals surface area contributed by atoms with Crippen LogP contribution in [0.25, 0.3) is 0 Å². The second-order valence-electron chi connectivity index (χ2n) is 3.81. The van der Waals surface area contributed by atoms with Crippen LogP contribution in [0, 0.1) is 11.3 Å². The molecule has 2 aromatic rings. The van der Waals surface area contributed by atoms with Gasteiger partial charge in [-0.15, -0.1) is 0 Å². The first-order valence-electron chi connectivity index (χ1n) is 5.34. The molecule has 1 heterocycles. The van der Waals surface area contributed by atoms with E-state index in [2.05, 4.69) is 15.5 Å². The zero-order valence-corrected chi connectivity index (χ0v) is 9.62. The van der Waals surface area contributed by atoms with Crippen LogP contribution in [0.3, 0.4) is 0 Å². The maximum absolute atomic E-state index is 12.7. The molecule has 0 aliphatic heterocycles. The highest BCUT2D eigenvalue weighted by Crippen LogP contribution is 2.33. The van der Waals surface area contributed by atoms with Gasteiger partial charge in [-0.2, -0.15) is 23.5 Å². The van der Waals surface area contributed by atoms with Gasteiger partial charge in [0.25, 0.3) is 0 Å². The molecule has 0 saturated carbocycles. The third kappa shape index (κ3) is 3.04. The van der Waals surface area contributed by atoms with Crippen molar-refractivity contribution < 1.29 is 13.2 Å². The van der Waals surface area contributed by atoms with Crippen LogP contribution in [-0.2, 0) is 12.7 Å². The van der Waals surface area contributed by atoms with Crippen molar-refractivity contribution in [1.29, 1.82) is 5.26 Å². The molecule has 19 heavy (non-hydrogen) atoms. The van der Waals surface area contributed by atoms with Crippen LogP contribution >= 0.6 is 0 Å². The van der Waals surface area contributed by atoms with Gasteiger partial charge in [0.05, 0.1) is 29.4 Å². The second-order valence-corrected chi connectivity index (χ2v) is 3.81. The Bertz CT molecular complexity index is 596. The lowest BCUT2D eigenvalue weighted by molar-refractivity contribution is -0.137. The van der Waals surface area contributed by atoms with Gasteiger partial charge >= 0.3 is 6.18 Å². The van der Waals surface area contributed by atoms with Crippen LogP contribution in [0.1, 0.15) is 16.8 Å². The second kappa shape index (κ2) is 5.02. The average Bonchev–Trinajstić information content (AvgIpc) is 2.88. The van der Waals surface area contributed by atoms with Crippen molar-refractivity contribution in [1.82, 2.24) is 10.2 Å². The lowest BCUT2D eigenvalue weighted by Crippen LogP contribution is -2.09. The SMILES string of the molecule is N#Cc1ccc(NCc2ccn[nH]2)cc1C(F)(F)F. The van der Waals surface area contributed by atoms with E-state index in [-0.39, 0.29) is 5.56 Å². The highest BCUT2D eigenvalue weighted by Gasteiger charge is 2.33. The van der Waals surface area contributed by atoms with Crippen LogP contribution < -0.4 is 5.32 Å². The number of benzene rings is 1. The number of anilines is 1. The first kappa shape index (κ1) is 13.0. The summed E-state index contributed by atoms with van der Waals surface area (Å²) in [6.07, 6.45) is -2.99. The quantitative estimate of drug-likeness (QED) is 0.897. The molecule has 0 amide bonds. The summed E-state index contributed by atoms with van der Waals surface area (Å²) in [7, 11) is 0. The summed E-state index contributed by atoms with van der Waals surface area (Å²) >= 11 is 0. The molecule has 2 N–H and O–H groups in total. The predicted molar refractivity (Wildman–Crippen MR) is 62.1 cm³/mol. The fourth-order valence-electron chi connectivity index (χ4n) is 1.57. The van der Waals surface area contributed by atoms with Gasteiger partial charge in [0.1, 0.15) is 0 Å². The van der Waals surface area contributed by atoms with Crippen LogP contribution in [0.4, 0.5) is 18.9 Å². The maximum atomic E-state index is 12.7. The Kier molecular flexibility index (Phi) is 3.42. The fraction of sp³-hybridized carbons (Fsp3) is 0.167. The van der Waals surface area contributed by atoms with Crippen molar-refractivity contribution in [2.45, 2.75) is 12.7 Å². The minimum atomic E-state index is -4.54. The normalized spacial score (nSPS) is 11.1. The zero-order chi connectivity index (χ0) is 13.9. The van der Waals surface area contributed by atoms with Crippen molar-refractivity contribution >= 4 is 5.69 Å². The van der Waals surface area contributed by atoms with E-state index in [1.54, 1.807) is 12.3 Å². The van der Waals surface area contributed by atoms with Crippen molar-refractivity contribution in [2.75, 3.05) is 5.32 Å². The minimum absolute atomic E-state index is 0.293. The lowest BCUT2D eigenvalue weighted by Gasteiger charge is -2.11. The summed E-state index contributed by atoms with van der Waals surface area (Å²) in [6.45, 7) is 0.323. The Balaban J connectivity index is 2.21. The summed E-state index contributed by atoms with van der Waals surface area (Å²) in [5.74, 6) is 0. The summed E-state index contributed by atoms with van der Waals surface area (Å²) in [6, 6.07) is 6.76. The van der Waals surface area contributed by atoms with Crippen molar-refractivity contribution in [3.8, 4) is 6.07 Å². The molecule has 2 rings (SSSR count). The highest BCUT2D eigenvalue weighted by atomic mass is 19.4. The van der Waals surface area contributed by atoms with E-state index in [0.29, 0.717) is 12.2 Å². The molecule has 0 saturated heterocycles. The molecule has 0 fully saturated rings. The van der Waals surface area contributed by atoms with Crippen LogP contribution in [-0.4, -0.2) is 10.2 Å². The maximum Gasteiger partial charge on any atom is 0.417 e. The van der Waals surface area contributed by atoms with Gasteiger partial charge in [0.15, 0.2) is 0 Å². The minimum Gasteiger partial charge on any atom is -0.379 e. The van der Waals surface area contributed by atoms with Gasteiger partial charge in [0, 0.05) is 11.9 Å². The molecule has 0 aliphatic carbocycles. The Morgan fingerprint density at radius 1 is 1.32 bits per heavy atom. The molecule has 98 valence electrons. The smallest absolute Gasteiger partial charge is 0.379 e. The van der Waals surface area contributed by atoms with Crippen LogP contribution in [0.2, 0.25) is 0 Å². The van der Waals surface area contributed by atoms with E-state index in [1.807, 2.05) is 0 Å². The number of nitrogens with one attached hydrogen (secondary N) is 2. The number of alkyl halides is 3. The monoisotopic (exact) mass is 266 g/mol. The largest absolute Gasteiger partial charge is 0.417 e. The average molecular weight is 266 g/mol. The van der Waals surface area contributed by atoms with Crippen molar-refractivity contribution in [2.24, 2.45) is 0 Å². The van der Waals surface area contributed by atoms with Gasteiger partial charge < -0.3 is 5.32 Å². The number of H-pyrrole nitrogens is 1. The number of rotatable bonds is 3. The number of aromatic nitrogens is 2. The number of halogens is 3. The van der Waals surface area contributed by atoms with E-state index in [0.717, 1.165) is 17.8 Å². The van der Waals surface area contributed by atoms with Gasteiger partial charge in [-0.25, -0.2) is 0 Å². The van der Waals surface area contributed by atoms with Crippen LogP contribution in [0.15, 0.2) is 30.5 Å². The first-order valence-corrected chi connectivity index (χ1v) is 5.34. The third-order valence-electron chi connectivity index (χ3n) is 2.49. The highest BCUT2D eigenvalue weighted by molar-refractivity contribution is 5.53. The molecule has 0 spiro atoms. The Morgan fingerprint density at radius 2 is 2.11 bits per heavy atom. The van der Waals surface area contributed by atoms with Gasteiger partial charge in [-0.1, -0.05) is 0 Å². The topological polar surface area (TPSA) is 64.5 Å². The molecule has 4 nitrogen and oxygen atoms in total. The van der Waals surface area contributed by atoms with E-state index in [4.69, 9.17) is 5.26 Å². The number of hydrogen-bond acceptors (Lipinski definition) is 3. The lowest BCUT2D eigenvalue weighted by atomic mass is 10.1. The van der Waals surface area contributed by atoms with E-state index >= 15 is 0 Å². The van der Waals surface area contributed by atoms with Crippen molar-refractivity contribution in [3.63, 3.8) is 0 Å². The van der Waals surface area contributed by atoms with Gasteiger partial charge in [-0.05, 0) is 24.3 Å². The molecule has 0 bridgehead atoms. The molecule has 0 atom stereocenters. The first-order chi connectivity index (χ1) is 9.00. The fourth-order valence-corrected chi connectivity index (χ4v) is 1.57. The van der Waals surface area contributed by atoms with E-state index in [1.165, 1.54) is 12.1 Å². The molecular formula is C12H9F3N4. The molecule has 0 unspecified atom stereocenters. The third-order valence-corrected chi connectivity index (χ3v) is 2.49. The van der Waals surface area contributed by atoms with Gasteiger partial charge in [-0.3, -0.25) is 5.10 Å². The molecule has 1 aromatic carbocycles. The Morgan fingerprint density at radius 3 is 2.68 bits per heavy atom. The molecule has 0 aliphatic rings. The number of nitrogens with zero attached hydrogens (tertiary/aromatic N) is 2.